The van der Waals surface area contributed by atoms with Crippen LogP contribution in [0.5, 0.6) is 0 Å². The molecule has 0 unspecified atom stereocenters. The Kier molecular flexibility index (Phi) is 3.66. The van der Waals surface area contributed by atoms with Gasteiger partial charge in [-0.25, -0.2) is 4.98 Å². The molecule has 0 saturated carbocycles. The quantitative estimate of drug-likeness (QED) is 0.210. The topological polar surface area (TPSA) is 56.7 Å². The lowest BCUT2D eigenvalue weighted by Gasteiger charge is -2.11. The van der Waals surface area contributed by atoms with Crippen LogP contribution in [0.2, 0.25) is 0 Å². The largest absolute Gasteiger partial charge is 0.456 e. The van der Waals surface area contributed by atoms with Crippen molar-refractivity contribution in [2.24, 2.45) is 0 Å². The Labute approximate surface area is 266 Å². The fraction of sp³-hybridized carbons (Fsp3) is 0. The molecule has 206 valence electrons. The summed E-state index contributed by atoms with van der Waals surface area (Å²) in [4.78, 5) is 14.5. The summed E-state index contributed by atoms with van der Waals surface area (Å²) in [5.74, 6) is 0.383. The predicted octanol–water partition coefficient (Wildman–Crippen LogP) is 9.87. The van der Waals surface area contributed by atoms with E-state index < -0.39 is 48.3 Å². The van der Waals surface area contributed by atoms with Crippen LogP contribution in [0.25, 0.3) is 83.6 Å². The van der Waals surface area contributed by atoms with Crippen LogP contribution in [0.4, 0.5) is 0 Å². The maximum absolute atomic E-state index is 9.52. The van der Waals surface area contributed by atoms with Crippen molar-refractivity contribution in [1.29, 1.82) is 0 Å². The first-order chi connectivity index (χ1) is 26.0. The highest BCUT2D eigenvalue weighted by Crippen LogP contribution is 2.38. The average Bonchev–Trinajstić information content (AvgIpc) is 3.79. The molecule has 3 aromatic heterocycles. The molecule has 0 spiro atoms. The van der Waals surface area contributed by atoms with Gasteiger partial charge in [-0.2, -0.15) is 9.97 Å². The monoisotopic (exact) mass is 574 g/mol. The Bertz CT molecular complexity index is 3040. The number of para-hydroxylation sites is 2. The van der Waals surface area contributed by atoms with Gasteiger partial charge >= 0.3 is 0 Å². The van der Waals surface area contributed by atoms with Crippen LogP contribution >= 0.6 is 0 Å². The second-order valence-electron chi connectivity index (χ2n) is 10.1. The van der Waals surface area contributed by atoms with Gasteiger partial charge in [0.2, 0.25) is 5.95 Å². The van der Waals surface area contributed by atoms with Gasteiger partial charge in [0, 0.05) is 38.7 Å². The number of aromatic nitrogens is 4. The van der Waals surface area contributed by atoms with Crippen LogP contribution < -0.4 is 0 Å². The van der Waals surface area contributed by atoms with E-state index in [0.29, 0.717) is 11.1 Å². The molecule has 5 nitrogen and oxygen atoms in total. The molecule has 0 fully saturated rings. The van der Waals surface area contributed by atoms with Crippen molar-refractivity contribution in [1.82, 2.24) is 19.5 Å². The molecule has 5 heteroatoms. The first kappa shape index (κ1) is 16.5. The van der Waals surface area contributed by atoms with Gasteiger partial charge in [-0.1, -0.05) is 121 Å². The van der Waals surface area contributed by atoms with Crippen molar-refractivity contribution in [3.63, 3.8) is 0 Å². The zero-order chi connectivity index (χ0) is 37.7. The lowest BCUT2D eigenvalue weighted by molar-refractivity contribution is 0.669. The lowest BCUT2D eigenvalue weighted by Crippen LogP contribution is -2.06. The van der Waals surface area contributed by atoms with Crippen LogP contribution in [0.15, 0.2) is 150 Å². The second-order valence-corrected chi connectivity index (χ2v) is 10.1. The van der Waals surface area contributed by atoms with E-state index in [0.717, 1.165) is 11.1 Å². The van der Waals surface area contributed by atoms with E-state index in [2.05, 4.69) is 0 Å². The molecule has 0 radical (unpaired) electrons. The van der Waals surface area contributed by atoms with Gasteiger partial charge in [-0.05, 0) is 29.3 Å². The molecule has 6 aromatic carbocycles. The number of hydrogen-bond acceptors (Lipinski definition) is 4. The van der Waals surface area contributed by atoms with E-state index >= 15 is 0 Å². The zero-order valence-corrected chi connectivity index (χ0v) is 22.8. The number of hydrogen-bond donors (Lipinski definition) is 0. The number of furan rings is 1. The summed E-state index contributed by atoms with van der Waals surface area (Å²) in [6.07, 6.45) is 0. The first-order valence-electron chi connectivity index (χ1n) is 18.8. The highest BCUT2D eigenvalue weighted by molar-refractivity contribution is 6.17. The molecule has 0 saturated heterocycles. The number of benzene rings is 6. The Morgan fingerprint density at radius 2 is 1.07 bits per heavy atom. The smallest absolute Gasteiger partial charge is 0.238 e. The summed E-state index contributed by atoms with van der Waals surface area (Å²) < 4.78 is 95.3. The van der Waals surface area contributed by atoms with Crippen molar-refractivity contribution >= 4 is 43.7 Å². The Hall–Kier alpha value is -6.07. The number of fused-ring (bicyclic) bond motifs is 6. The molecule has 0 amide bonds. The average molecular weight is 575 g/mol. The van der Waals surface area contributed by atoms with E-state index in [-0.39, 0.29) is 73.4 Å². The Morgan fingerprint density at radius 3 is 1.82 bits per heavy atom. The van der Waals surface area contributed by atoms with Crippen LogP contribution in [-0.2, 0) is 0 Å². The van der Waals surface area contributed by atoms with Crippen molar-refractivity contribution in [2.75, 3.05) is 0 Å². The highest BCUT2D eigenvalue weighted by Gasteiger charge is 2.20. The standard InChI is InChI=1S/C39H24N4O/c1-3-11-25(12-4-1)26-19-21-28(22-20-26)38-40-37(27-13-5-2-6-14-27)41-39(42-38)43-33-17-9-7-15-29(33)31-23-32-30-16-8-10-18-35(30)44-36(32)24-34(31)43/h1-24H/i7D,8D,9D,10D,15D,16D,17D,18D,23D,24D. The minimum atomic E-state index is -0.559. The molecule has 3 heterocycles. The van der Waals surface area contributed by atoms with Gasteiger partial charge in [-0.3, -0.25) is 4.57 Å². The summed E-state index contributed by atoms with van der Waals surface area (Å²) >= 11 is 0. The molecule has 44 heavy (non-hydrogen) atoms. The first-order valence-corrected chi connectivity index (χ1v) is 13.8. The number of rotatable bonds is 4. The summed E-state index contributed by atoms with van der Waals surface area (Å²) in [6, 6.07) is 21.8. The zero-order valence-electron chi connectivity index (χ0n) is 32.8. The summed E-state index contributed by atoms with van der Waals surface area (Å²) in [6.45, 7) is 0. The molecule has 9 aromatic rings. The van der Waals surface area contributed by atoms with E-state index in [1.807, 2.05) is 84.9 Å². The minimum absolute atomic E-state index is 0.0555. The van der Waals surface area contributed by atoms with Crippen LogP contribution in [0, 0.1) is 0 Å². The van der Waals surface area contributed by atoms with Crippen LogP contribution in [0.3, 0.4) is 0 Å². The molecular weight excluding hydrogens is 540 g/mol. The van der Waals surface area contributed by atoms with E-state index in [4.69, 9.17) is 30.3 Å². The molecule has 0 aliphatic rings. The Morgan fingerprint density at radius 1 is 0.477 bits per heavy atom. The molecule has 0 atom stereocenters. The second kappa shape index (κ2) is 9.75. The van der Waals surface area contributed by atoms with Gasteiger partial charge in [0.25, 0.3) is 0 Å². The molecule has 0 N–H and O–H groups in total. The number of nitrogens with zero attached hydrogens (tertiary/aromatic N) is 4. The molecule has 9 rings (SSSR count). The van der Waals surface area contributed by atoms with E-state index in [1.54, 1.807) is 0 Å². The molecular formula is C39H24N4O. The normalized spacial score (nSPS) is 14.8. The highest BCUT2D eigenvalue weighted by atomic mass is 16.3. The fourth-order valence-corrected chi connectivity index (χ4v) is 5.45. The SMILES string of the molecule is [2H]c1c([2H])c([2H])c2c(oc3c([2H])c4c(c([2H])c32)c2c([2H])c([2H])c([2H])c([2H])c2n4-c2nc(-c3ccccc3)nc(-c3ccc(-c4ccccc4)cc3)n2)c1[2H]. The van der Waals surface area contributed by atoms with Crippen LogP contribution in [-0.4, -0.2) is 19.5 Å². The molecule has 0 aliphatic carbocycles. The minimum Gasteiger partial charge on any atom is -0.456 e. The maximum atomic E-state index is 9.52. The third-order valence-corrected chi connectivity index (χ3v) is 7.52. The van der Waals surface area contributed by atoms with Gasteiger partial charge in [0.15, 0.2) is 11.6 Å². The van der Waals surface area contributed by atoms with Gasteiger partial charge < -0.3 is 4.42 Å². The predicted molar refractivity (Wildman–Crippen MR) is 178 cm³/mol. The van der Waals surface area contributed by atoms with Crippen molar-refractivity contribution in [2.45, 2.75) is 0 Å². The fourth-order valence-electron chi connectivity index (χ4n) is 5.45. The third kappa shape index (κ3) is 3.91. The lowest BCUT2D eigenvalue weighted by atomic mass is 10.0. The van der Waals surface area contributed by atoms with Crippen LogP contribution in [0.1, 0.15) is 13.7 Å². The summed E-state index contributed by atoms with van der Waals surface area (Å²) in [7, 11) is 0. The Balaban J connectivity index is 1.43. The third-order valence-electron chi connectivity index (χ3n) is 7.52. The summed E-state index contributed by atoms with van der Waals surface area (Å²) in [5, 5.41) is -0.325. The molecule has 0 aliphatic heterocycles. The summed E-state index contributed by atoms with van der Waals surface area (Å²) in [5.41, 5.74) is 2.61. The molecule has 0 bridgehead atoms. The van der Waals surface area contributed by atoms with Crippen molar-refractivity contribution in [3.05, 3.63) is 145 Å². The van der Waals surface area contributed by atoms with Gasteiger partial charge in [0.05, 0.1) is 24.7 Å². The van der Waals surface area contributed by atoms with E-state index in [9.17, 15) is 2.74 Å². The van der Waals surface area contributed by atoms with Gasteiger partial charge in [-0.15, -0.1) is 0 Å². The maximum Gasteiger partial charge on any atom is 0.238 e. The van der Waals surface area contributed by atoms with Crippen molar-refractivity contribution < 1.29 is 18.1 Å². The van der Waals surface area contributed by atoms with E-state index in [1.165, 1.54) is 4.57 Å². The van der Waals surface area contributed by atoms with Crippen molar-refractivity contribution in [3.8, 4) is 39.9 Å². The van der Waals surface area contributed by atoms with Gasteiger partial charge in [0.1, 0.15) is 11.2 Å².